The van der Waals surface area contributed by atoms with E-state index in [0.717, 1.165) is 23.3 Å². The molecule has 0 unspecified atom stereocenters. The van der Waals surface area contributed by atoms with Crippen LogP contribution >= 0.6 is 0 Å². The van der Waals surface area contributed by atoms with E-state index in [1.807, 2.05) is 37.3 Å². The lowest BCUT2D eigenvalue weighted by Gasteiger charge is -2.37. The number of rotatable bonds is 7. The molecule has 0 aliphatic carbocycles. The maximum atomic E-state index is 12.8. The van der Waals surface area contributed by atoms with Gasteiger partial charge in [0.2, 0.25) is 5.91 Å². The summed E-state index contributed by atoms with van der Waals surface area (Å²) in [6, 6.07) is 18.1. The molecule has 8 nitrogen and oxygen atoms in total. The highest BCUT2D eigenvalue weighted by atomic mass is 19.4. The number of ether oxygens (including phenoxy) is 2. The van der Waals surface area contributed by atoms with E-state index in [4.69, 9.17) is 9.47 Å². The number of carbonyl (C=O) groups excluding carboxylic acids is 2. The predicted molar refractivity (Wildman–Crippen MR) is 146 cm³/mol. The molecule has 1 saturated heterocycles. The first-order valence-electron chi connectivity index (χ1n) is 13.3. The van der Waals surface area contributed by atoms with Crippen LogP contribution in [0.3, 0.4) is 0 Å². The van der Waals surface area contributed by atoms with E-state index in [1.54, 1.807) is 18.2 Å². The first-order valence-corrected chi connectivity index (χ1v) is 13.3. The summed E-state index contributed by atoms with van der Waals surface area (Å²) in [6.07, 6.45) is -5.42. The van der Waals surface area contributed by atoms with E-state index >= 15 is 0 Å². The van der Waals surface area contributed by atoms with Crippen LogP contribution < -0.4 is 20.7 Å². The van der Waals surface area contributed by atoms with E-state index in [9.17, 15) is 27.9 Å². The Morgan fingerprint density at radius 1 is 1.00 bits per heavy atom. The van der Waals surface area contributed by atoms with Crippen molar-refractivity contribution < 1.29 is 37.3 Å². The topological polar surface area (TPSA) is 109 Å². The average Bonchev–Trinajstić information content (AvgIpc) is 3.30. The Labute approximate surface area is 234 Å². The summed E-state index contributed by atoms with van der Waals surface area (Å²) < 4.78 is 50.5. The normalized spacial score (nSPS) is 22.1. The van der Waals surface area contributed by atoms with Crippen LogP contribution in [0.4, 0.5) is 29.3 Å². The number of nitrogens with one attached hydrogen (secondary N) is 3. The number of aliphatic hydroxyl groups excluding tert-OH is 1. The molecule has 4 N–H and O–H groups in total. The first kappa shape index (κ1) is 28.4. The first-order chi connectivity index (χ1) is 19.6. The van der Waals surface area contributed by atoms with Crippen molar-refractivity contribution in [2.24, 2.45) is 0 Å². The number of aliphatic hydroxyl groups is 1. The fourth-order valence-corrected chi connectivity index (χ4v) is 5.34. The number of benzene rings is 3. The molecule has 3 amide bonds. The van der Waals surface area contributed by atoms with Crippen LogP contribution in [0.25, 0.3) is 0 Å². The van der Waals surface area contributed by atoms with Crippen molar-refractivity contribution >= 4 is 23.3 Å². The van der Waals surface area contributed by atoms with E-state index in [-0.39, 0.29) is 36.6 Å². The van der Waals surface area contributed by atoms with Gasteiger partial charge in [-0.3, -0.25) is 4.79 Å². The third-order valence-electron chi connectivity index (χ3n) is 7.32. The molecule has 0 aromatic heterocycles. The molecule has 0 radical (unpaired) electrons. The number of urea groups is 1. The molecule has 0 bridgehead atoms. The molecule has 0 saturated carbocycles. The van der Waals surface area contributed by atoms with Crippen molar-refractivity contribution in [3.63, 3.8) is 0 Å². The highest BCUT2D eigenvalue weighted by molar-refractivity contribution is 5.99. The van der Waals surface area contributed by atoms with Gasteiger partial charge < -0.3 is 30.5 Å². The molecule has 216 valence electrons. The second-order valence-electron chi connectivity index (χ2n) is 10.2. The zero-order valence-corrected chi connectivity index (χ0v) is 22.2. The van der Waals surface area contributed by atoms with Crippen molar-refractivity contribution in [3.8, 4) is 5.75 Å². The number of carbonyl (C=O) groups is 2. The number of halogens is 3. The molecule has 2 aliphatic heterocycles. The number of fused-ring (bicyclic) bond motifs is 3. The van der Waals surface area contributed by atoms with Gasteiger partial charge in [0, 0.05) is 22.9 Å². The maximum Gasteiger partial charge on any atom is 0.416 e. The van der Waals surface area contributed by atoms with Crippen LogP contribution in [0.5, 0.6) is 5.75 Å². The summed E-state index contributed by atoms with van der Waals surface area (Å²) in [5, 5.41) is 18.2. The fraction of sp³-hybridized carbons (Fsp3) is 0.333. The lowest BCUT2D eigenvalue weighted by atomic mass is 9.84. The monoisotopic (exact) mass is 569 g/mol. The van der Waals surface area contributed by atoms with Gasteiger partial charge in [0.25, 0.3) is 0 Å². The van der Waals surface area contributed by atoms with Crippen molar-refractivity contribution in [2.75, 3.05) is 17.2 Å². The minimum atomic E-state index is -4.46. The van der Waals surface area contributed by atoms with E-state index in [0.29, 0.717) is 17.9 Å². The van der Waals surface area contributed by atoms with Crippen molar-refractivity contribution in [2.45, 2.75) is 56.2 Å². The number of hydrogen-bond donors (Lipinski definition) is 4. The van der Waals surface area contributed by atoms with Crippen molar-refractivity contribution in [1.29, 1.82) is 0 Å². The molecule has 3 aromatic carbocycles. The van der Waals surface area contributed by atoms with Crippen LogP contribution in [0.2, 0.25) is 0 Å². The molecule has 5 rings (SSSR count). The van der Waals surface area contributed by atoms with E-state index in [1.165, 1.54) is 12.1 Å². The van der Waals surface area contributed by atoms with Gasteiger partial charge in [-0.05, 0) is 61.4 Å². The Balaban J connectivity index is 1.23. The molecule has 11 heteroatoms. The Morgan fingerprint density at radius 2 is 1.68 bits per heavy atom. The van der Waals surface area contributed by atoms with Crippen LogP contribution in [0, 0.1) is 0 Å². The minimum absolute atomic E-state index is 0.111. The zero-order chi connectivity index (χ0) is 29.1. The summed E-state index contributed by atoms with van der Waals surface area (Å²) in [5.74, 6) is 0.245. The highest BCUT2D eigenvalue weighted by Crippen LogP contribution is 2.47. The Morgan fingerprint density at radius 3 is 2.37 bits per heavy atom. The Bertz CT molecular complexity index is 1380. The summed E-state index contributed by atoms with van der Waals surface area (Å²) in [5.41, 5.74) is 1.65. The Hall–Kier alpha value is -4.09. The molecule has 1 fully saturated rings. The molecule has 2 aliphatic rings. The zero-order valence-electron chi connectivity index (χ0n) is 22.2. The van der Waals surface area contributed by atoms with Gasteiger partial charge in [-0.15, -0.1) is 0 Å². The molecule has 3 aromatic rings. The third kappa shape index (κ3) is 6.63. The van der Waals surface area contributed by atoms with E-state index < -0.39 is 36.1 Å². The summed E-state index contributed by atoms with van der Waals surface area (Å²) in [7, 11) is 0. The van der Waals surface area contributed by atoms with Gasteiger partial charge in [0.1, 0.15) is 18.0 Å². The van der Waals surface area contributed by atoms with Gasteiger partial charge in [-0.25, -0.2) is 4.79 Å². The quantitative estimate of drug-likeness (QED) is 0.296. The number of hydrogen-bond acceptors (Lipinski definition) is 5. The predicted octanol–water partition coefficient (Wildman–Crippen LogP) is 5.61. The van der Waals surface area contributed by atoms with Crippen LogP contribution in [-0.2, 0) is 15.7 Å². The number of anilines is 2. The highest BCUT2D eigenvalue weighted by Gasteiger charge is 2.46. The second kappa shape index (κ2) is 11.8. The van der Waals surface area contributed by atoms with Crippen LogP contribution in [0.15, 0.2) is 72.8 Å². The number of alkyl halides is 3. The minimum Gasteiger partial charge on any atom is -0.487 e. The second-order valence-corrected chi connectivity index (χ2v) is 10.2. The van der Waals surface area contributed by atoms with Gasteiger partial charge >= 0.3 is 12.2 Å². The van der Waals surface area contributed by atoms with E-state index in [2.05, 4.69) is 16.0 Å². The molecular weight excluding hydrogens is 539 g/mol. The average molecular weight is 570 g/mol. The summed E-state index contributed by atoms with van der Waals surface area (Å²) >= 11 is 0. The molecule has 2 heterocycles. The van der Waals surface area contributed by atoms with Gasteiger partial charge in [0.05, 0.1) is 30.7 Å². The van der Waals surface area contributed by atoms with Gasteiger partial charge in [0.15, 0.2) is 0 Å². The lowest BCUT2D eigenvalue weighted by molar-refractivity contribution is -0.142. The van der Waals surface area contributed by atoms with Crippen molar-refractivity contribution in [3.05, 3.63) is 89.5 Å². The smallest absolute Gasteiger partial charge is 0.416 e. The molecule has 5 atom stereocenters. The molecule has 41 heavy (non-hydrogen) atoms. The van der Waals surface area contributed by atoms with Crippen molar-refractivity contribution in [1.82, 2.24) is 5.32 Å². The van der Waals surface area contributed by atoms with Gasteiger partial charge in [-0.2, -0.15) is 13.2 Å². The third-order valence-corrected chi connectivity index (χ3v) is 7.32. The van der Waals surface area contributed by atoms with Gasteiger partial charge in [-0.1, -0.05) is 30.3 Å². The Kier molecular flexibility index (Phi) is 8.18. The SMILES string of the molecule is C[C@H](NC(=O)C[C@H]1C[C@@H]2c3cc(NC(=O)Nc4ccc(C(F)(F)F)cc4)ccc3O[C@@H]2[C@@H](CO)O1)c1ccccc1. The van der Waals surface area contributed by atoms with Crippen LogP contribution in [-0.4, -0.2) is 42.0 Å². The standard InChI is InChI=1S/C30H30F3N3O5/c1-17(18-5-3-2-4-6-18)34-27(38)15-22-14-24-23-13-21(11-12-25(23)41-28(24)26(16-37)40-22)36-29(39)35-20-9-7-19(8-10-20)30(31,32)33/h2-13,17,22,24,26,28,37H,14-16H2,1H3,(H,34,38)(H2,35,36,39)/t17-,22+,24+,26+,28-/m0/s1. The summed E-state index contributed by atoms with van der Waals surface area (Å²) in [4.78, 5) is 25.4. The fourth-order valence-electron chi connectivity index (χ4n) is 5.34. The van der Waals surface area contributed by atoms with Crippen LogP contribution in [0.1, 0.15) is 48.4 Å². The number of amides is 3. The summed E-state index contributed by atoms with van der Waals surface area (Å²) in [6.45, 7) is 1.62. The maximum absolute atomic E-state index is 12.8. The largest absolute Gasteiger partial charge is 0.487 e. The molecule has 0 spiro atoms. The lowest BCUT2D eigenvalue weighted by Crippen LogP contribution is -2.47. The molecular formula is C30H30F3N3O5.